The van der Waals surface area contributed by atoms with Crippen LogP contribution in [0.15, 0.2) is 0 Å². The van der Waals surface area contributed by atoms with Gasteiger partial charge in [0.1, 0.15) is 0 Å². The van der Waals surface area contributed by atoms with E-state index in [9.17, 15) is 0 Å². The van der Waals surface area contributed by atoms with Gasteiger partial charge in [0.2, 0.25) is 0 Å². The van der Waals surface area contributed by atoms with Crippen LogP contribution in [-0.2, 0) is 0 Å². The Kier molecular flexibility index (Phi) is 123. The second-order valence-corrected chi connectivity index (χ2v) is 9.38. The fourth-order valence-electron chi connectivity index (χ4n) is 1.78. The fraction of sp³-hybridized carbons (Fsp3) is 1.00. The van der Waals surface area contributed by atoms with E-state index in [0.717, 1.165) is 11.8 Å². The molecule has 6 aliphatic rings. The van der Waals surface area contributed by atoms with E-state index < -0.39 is 0 Å². The molecule has 0 amide bonds. The van der Waals surface area contributed by atoms with Gasteiger partial charge in [-0.25, -0.2) is 0 Å². The average Bonchev–Trinajstić information content (AvgIpc) is 3.71. The molecule has 0 bridgehead atoms. The molecule has 6 fully saturated rings. The Bertz CT molecular complexity index is 185. The van der Waals surface area contributed by atoms with Gasteiger partial charge >= 0.3 is 0 Å². The van der Waals surface area contributed by atoms with Gasteiger partial charge in [-0.2, -0.15) is 0 Å². The third-order valence-corrected chi connectivity index (χ3v) is 6.26. The minimum atomic E-state index is 1.06. The highest BCUT2D eigenvalue weighted by molar-refractivity contribution is 4.65. The van der Waals surface area contributed by atoms with E-state index in [4.69, 9.17) is 0 Å². The summed E-state index contributed by atoms with van der Waals surface area (Å²) in [7, 11) is 0. The lowest BCUT2D eigenvalue weighted by Gasteiger charge is -2.18. The van der Waals surface area contributed by atoms with E-state index in [1.807, 2.05) is 111 Å². The molecule has 0 spiro atoms. The summed E-state index contributed by atoms with van der Waals surface area (Å²) in [6.07, 6.45) is 31.4. The van der Waals surface area contributed by atoms with Gasteiger partial charge in [0.15, 0.2) is 0 Å². The lowest BCUT2D eigenvalue weighted by molar-refractivity contribution is 0.346. The van der Waals surface area contributed by atoms with Crippen molar-refractivity contribution in [2.75, 3.05) is 0 Å². The minimum Gasteiger partial charge on any atom is -0.0683 e. The van der Waals surface area contributed by atoms with Crippen LogP contribution in [0.5, 0.6) is 0 Å². The summed E-state index contributed by atoms with van der Waals surface area (Å²) < 4.78 is 0. The Hall–Kier alpha value is 0. The summed E-state index contributed by atoms with van der Waals surface area (Å²) in [5.41, 5.74) is 0. The smallest absolute Gasteiger partial charge is 0.0443 e. The first-order valence-electron chi connectivity index (χ1n) is 20.3. The predicted molar refractivity (Wildman–Crippen MR) is 206 cm³/mol. The molecular formula is C41H98. The van der Waals surface area contributed by atoms with Crippen LogP contribution in [0.25, 0.3) is 0 Å². The first-order chi connectivity index (χ1) is 20.3. The monoisotopic (exact) mass is 591 g/mol. The topological polar surface area (TPSA) is 0 Å². The van der Waals surface area contributed by atoms with Crippen LogP contribution in [0.3, 0.4) is 0 Å². The first kappa shape index (κ1) is 60.2. The van der Waals surface area contributed by atoms with Crippen molar-refractivity contribution >= 4 is 0 Å². The lowest BCUT2D eigenvalue weighted by atomic mass is 9.88. The van der Waals surface area contributed by atoms with Gasteiger partial charge in [0, 0.05) is 0 Å². The molecule has 0 aromatic heterocycles. The predicted octanol–water partition coefficient (Wildman–Crippen LogP) is 17.7. The molecule has 0 unspecified atom stereocenters. The van der Waals surface area contributed by atoms with Crippen molar-refractivity contribution in [3.63, 3.8) is 0 Å². The van der Waals surface area contributed by atoms with Crippen molar-refractivity contribution in [1.29, 1.82) is 0 Å². The maximum atomic E-state index is 2.31. The normalized spacial score (nSPS) is 16.2. The SMILES string of the molecule is C1CCC1.C1CCC1.C1CCC1.C1CCC1.CC.CC.CC.CC.CC.CC.CC.CC.CC1CC1.CC1CCC1. The van der Waals surface area contributed by atoms with Gasteiger partial charge in [0.25, 0.3) is 0 Å². The van der Waals surface area contributed by atoms with Crippen LogP contribution < -0.4 is 0 Å². The van der Waals surface area contributed by atoms with Gasteiger partial charge in [-0.1, -0.05) is 259 Å². The second-order valence-electron chi connectivity index (χ2n) is 9.38. The fourth-order valence-corrected chi connectivity index (χ4v) is 1.78. The molecule has 6 saturated carbocycles. The Labute approximate surface area is 270 Å². The molecule has 0 nitrogen and oxygen atoms in total. The Morgan fingerprint density at radius 3 is 0.293 bits per heavy atom. The van der Waals surface area contributed by atoms with Crippen molar-refractivity contribution in [2.45, 2.75) is 259 Å². The van der Waals surface area contributed by atoms with E-state index in [0.29, 0.717) is 0 Å². The molecule has 0 aromatic carbocycles. The Morgan fingerprint density at radius 1 is 0.195 bits per heavy atom. The maximum Gasteiger partial charge on any atom is -0.0443 e. The maximum absolute atomic E-state index is 2.31. The second kappa shape index (κ2) is 83.5. The number of hydrogen-bond acceptors (Lipinski definition) is 0. The van der Waals surface area contributed by atoms with Crippen molar-refractivity contribution in [2.24, 2.45) is 11.8 Å². The molecule has 0 heteroatoms. The van der Waals surface area contributed by atoms with Gasteiger partial charge in [-0.3, -0.25) is 0 Å². The number of rotatable bonds is 0. The zero-order chi connectivity index (χ0) is 34.0. The molecule has 0 radical (unpaired) electrons. The quantitative estimate of drug-likeness (QED) is 0.263. The molecule has 0 N–H and O–H groups in total. The summed E-state index contributed by atoms with van der Waals surface area (Å²) in [5.74, 6) is 2.15. The van der Waals surface area contributed by atoms with E-state index in [-0.39, 0.29) is 0 Å². The molecule has 262 valence electrons. The highest BCUT2D eigenvalue weighted by atomic mass is 14.2. The van der Waals surface area contributed by atoms with Gasteiger partial charge in [-0.05, 0) is 11.8 Å². The zero-order valence-electron chi connectivity index (χ0n) is 34.0. The lowest BCUT2D eigenvalue weighted by Crippen LogP contribution is -2.04. The van der Waals surface area contributed by atoms with Crippen molar-refractivity contribution < 1.29 is 0 Å². The first-order valence-corrected chi connectivity index (χ1v) is 20.3. The summed E-state index contributed by atoms with van der Waals surface area (Å²) in [4.78, 5) is 0. The summed E-state index contributed by atoms with van der Waals surface area (Å²) >= 11 is 0. The van der Waals surface area contributed by atoms with E-state index >= 15 is 0 Å². The summed E-state index contributed by atoms with van der Waals surface area (Å²) in [5, 5.41) is 0. The molecular weight excluding hydrogens is 492 g/mol. The van der Waals surface area contributed by atoms with Crippen molar-refractivity contribution in [3.05, 3.63) is 0 Å². The Morgan fingerprint density at radius 2 is 0.293 bits per heavy atom. The van der Waals surface area contributed by atoms with Crippen molar-refractivity contribution in [3.8, 4) is 0 Å². The zero-order valence-corrected chi connectivity index (χ0v) is 34.0. The molecule has 0 aliphatic heterocycles. The van der Waals surface area contributed by atoms with Crippen LogP contribution in [0.2, 0.25) is 0 Å². The average molecular weight is 591 g/mol. The third kappa shape index (κ3) is 92.4. The summed E-state index contributed by atoms with van der Waals surface area (Å²) in [6, 6.07) is 0. The number of hydrogen-bond donors (Lipinski definition) is 0. The molecule has 0 saturated heterocycles. The highest BCUT2D eigenvalue weighted by Crippen LogP contribution is 2.26. The summed E-state index contributed by atoms with van der Waals surface area (Å²) in [6.45, 7) is 36.6. The van der Waals surface area contributed by atoms with Gasteiger partial charge in [0.05, 0.1) is 0 Å². The van der Waals surface area contributed by atoms with Crippen molar-refractivity contribution in [1.82, 2.24) is 0 Å². The Balaban J connectivity index is -0.0000000487. The van der Waals surface area contributed by atoms with Gasteiger partial charge < -0.3 is 0 Å². The van der Waals surface area contributed by atoms with Crippen LogP contribution in [0.1, 0.15) is 259 Å². The van der Waals surface area contributed by atoms with E-state index in [1.165, 1.54) is 135 Å². The van der Waals surface area contributed by atoms with Crippen LogP contribution in [0.4, 0.5) is 0 Å². The van der Waals surface area contributed by atoms with Gasteiger partial charge in [-0.15, -0.1) is 0 Å². The molecule has 41 heavy (non-hydrogen) atoms. The highest BCUT2D eigenvalue weighted by Gasteiger charge is 2.12. The van der Waals surface area contributed by atoms with Crippen LogP contribution >= 0.6 is 0 Å². The minimum absolute atomic E-state index is 1.06. The molecule has 6 rings (SSSR count). The van der Waals surface area contributed by atoms with Crippen LogP contribution in [-0.4, -0.2) is 0 Å². The molecule has 0 heterocycles. The molecule has 0 aromatic rings. The third-order valence-electron chi connectivity index (χ3n) is 6.26. The molecule has 0 atom stereocenters. The van der Waals surface area contributed by atoms with E-state index in [1.54, 1.807) is 0 Å². The van der Waals surface area contributed by atoms with E-state index in [2.05, 4.69) is 13.8 Å². The molecule has 6 aliphatic carbocycles. The largest absolute Gasteiger partial charge is 0.0683 e. The van der Waals surface area contributed by atoms with Crippen LogP contribution in [0, 0.1) is 11.8 Å². The standard InChI is InChI=1S/C5H10.5C4H8.8C2H6/c1-5-3-2-4-5;1-4-2-3-4;4*1-2-4-3-1;8*1-2/h5H,2-4H2,1H3;4H,2-3H2,1H3;4*1-4H2;8*1-2H3.